The fraction of sp³-hybridized carbons (Fsp3) is 0.227. The van der Waals surface area contributed by atoms with Crippen LogP contribution in [-0.2, 0) is 9.63 Å². The largest absolute Gasteiger partial charge is 0.461 e. The van der Waals surface area contributed by atoms with E-state index in [1.54, 1.807) is 12.1 Å². The number of fused-ring (bicyclic) bond motifs is 1. The van der Waals surface area contributed by atoms with Crippen LogP contribution in [-0.4, -0.2) is 39.8 Å². The molecule has 0 aliphatic carbocycles. The van der Waals surface area contributed by atoms with Crippen molar-refractivity contribution in [2.75, 3.05) is 10.7 Å². The number of hydrogen-bond acceptors (Lipinski definition) is 6. The van der Waals surface area contributed by atoms with Crippen molar-refractivity contribution < 1.29 is 24.0 Å². The maximum Gasteiger partial charge on any atom is 0.461 e. The van der Waals surface area contributed by atoms with E-state index in [4.69, 9.17) is 4.84 Å². The van der Waals surface area contributed by atoms with Crippen molar-refractivity contribution in [3.05, 3.63) is 64.7 Å². The molecule has 0 bridgehead atoms. The third kappa shape index (κ3) is 3.72. The first-order valence-corrected chi connectivity index (χ1v) is 10.6. The first-order chi connectivity index (χ1) is 14.8. The average Bonchev–Trinajstić information content (AvgIpc) is 3.20. The molecule has 0 saturated carbocycles. The van der Waals surface area contributed by atoms with Gasteiger partial charge in [-0.3, -0.25) is 19.3 Å². The zero-order valence-corrected chi connectivity index (χ0v) is 17.9. The number of carbonyl (C=O) groups is 4. The summed E-state index contributed by atoms with van der Waals surface area (Å²) >= 11 is 1.09. The molecule has 31 heavy (non-hydrogen) atoms. The minimum Gasteiger partial charge on any atom is -0.308 e. The van der Waals surface area contributed by atoms with Crippen LogP contribution in [0.2, 0.25) is 0 Å². The summed E-state index contributed by atoms with van der Waals surface area (Å²) in [7, 11) is 0. The van der Waals surface area contributed by atoms with E-state index < -0.39 is 17.9 Å². The number of amides is 4. The van der Waals surface area contributed by atoms with Gasteiger partial charge in [0.15, 0.2) is 5.17 Å². The minimum atomic E-state index is -1.16. The van der Waals surface area contributed by atoms with Crippen molar-refractivity contribution in [3.63, 3.8) is 0 Å². The molecule has 4 rings (SSSR count). The van der Waals surface area contributed by atoms with Crippen LogP contribution in [0, 0.1) is 6.92 Å². The number of hydroxylamine groups is 2. The maximum absolute atomic E-state index is 12.6. The molecule has 0 atom stereocenters. The molecule has 9 heteroatoms. The lowest BCUT2D eigenvalue weighted by Crippen LogP contribution is -2.34. The van der Waals surface area contributed by atoms with E-state index in [1.165, 1.54) is 17.0 Å². The molecular weight excluding hydrogens is 418 g/mol. The van der Waals surface area contributed by atoms with Gasteiger partial charge < -0.3 is 4.84 Å². The second-order valence-electron chi connectivity index (χ2n) is 7.44. The van der Waals surface area contributed by atoms with Gasteiger partial charge in [0.05, 0.1) is 22.6 Å². The first kappa shape index (κ1) is 20.8. The van der Waals surface area contributed by atoms with Gasteiger partial charge in [-0.1, -0.05) is 54.9 Å². The number of hydrogen-bond donors (Lipinski definition) is 0. The predicted molar refractivity (Wildman–Crippen MR) is 116 cm³/mol. The molecule has 0 spiro atoms. The van der Waals surface area contributed by atoms with Gasteiger partial charge in [-0.05, 0) is 42.2 Å². The second kappa shape index (κ2) is 7.99. The van der Waals surface area contributed by atoms with E-state index in [2.05, 4.69) is 4.99 Å². The van der Waals surface area contributed by atoms with Gasteiger partial charge in [0, 0.05) is 0 Å². The first-order valence-electron chi connectivity index (χ1n) is 9.62. The SMILES string of the molecule is Cc1ccc(C(C)C)c(N2C(=O)CS/C2=N\C(=O)ON2C(=O)c3ccccc3C2=O)c1. The highest BCUT2D eigenvalue weighted by molar-refractivity contribution is 8.15. The number of benzene rings is 2. The van der Waals surface area contributed by atoms with Crippen LogP contribution in [0.4, 0.5) is 10.5 Å². The van der Waals surface area contributed by atoms with Crippen molar-refractivity contribution >= 4 is 46.4 Å². The highest BCUT2D eigenvalue weighted by atomic mass is 32.2. The number of thioether (sulfide) groups is 1. The summed E-state index contributed by atoms with van der Waals surface area (Å²) in [6, 6.07) is 12.0. The lowest BCUT2D eigenvalue weighted by atomic mass is 9.99. The van der Waals surface area contributed by atoms with Crippen molar-refractivity contribution in [2.24, 2.45) is 4.99 Å². The highest BCUT2D eigenvalue weighted by Gasteiger charge is 2.39. The van der Waals surface area contributed by atoms with E-state index in [-0.39, 0.29) is 33.9 Å². The zero-order chi connectivity index (χ0) is 22.3. The normalized spacial score (nSPS) is 17.2. The van der Waals surface area contributed by atoms with E-state index in [0.717, 1.165) is 22.9 Å². The molecule has 2 aliphatic heterocycles. The summed E-state index contributed by atoms with van der Waals surface area (Å²) in [5.41, 5.74) is 2.85. The van der Waals surface area contributed by atoms with Crippen LogP contribution in [0.15, 0.2) is 47.5 Å². The molecule has 0 unspecified atom stereocenters. The predicted octanol–water partition coefficient (Wildman–Crippen LogP) is 3.90. The molecule has 8 nitrogen and oxygen atoms in total. The molecule has 0 N–H and O–H groups in total. The highest BCUT2D eigenvalue weighted by Crippen LogP contribution is 2.34. The molecule has 4 amide bonds. The van der Waals surface area contributed by atoms with Crippen molar-refractivity contribution in [1.29, 1.82) is 0 Å². The van der Waals surface area contributed by atoms with Crippen LogP contribution in [0.1, 0.15) is 51.6 Å². The summed E-state index contributed by atoms with van der Waals surface area (Å²) in [6.45, 7) is 5.93. The fourth-order valence-corrected chi connectivity index (χ4v) is 4.29. The molecule has 2 aliphatic rings. The van der Waals surface area contributed by atoms with Gasteiger partial charge >= 0.3 is 6.09 Å². The van der Waals surface area contributed by atoms with E-state index in [0.29, 0.717) is 10.8 Å². The molecule has 1 saturated heterocycles. The van der Waals surface area contributed by atoms with Crippen LogP contribution >= 0.6 is 11.8 Å². The summed E-state index contributed by atoms with van der Waals surface area (Å²) < 4.78 is 0. The number of amidine groups is 1. The Labute approximate surface area is 182 Å². The smallest absolute Gasteiger partial charge is 0.308 e. The second-order valence-corrected chi connectivity index (χ2v) is 8.38. The fourth-order valence-electron chi connectivity index (χ4n) is 3.44. The Morgan fingerprint density at radius 1 is 1.06 bits per heavy atom. The molecular formula is C22H19N3O5S. The van der Waals surface area contributed by atoms with Gasteiger partial charge in [0.25, 0.3) is 11.8 Å². The molecule has 0 radical (unpaired) electrons. The number of anilines is 1. The topological polar surface area (TPSA) is 96.3 Å². The number of carbonyl (C=O) groups excluding carboxylic acids is 4. The minimum absolute atomic E-state index is 0.116. The average molecular weight is 437 g/mol. The van der Waals surface area contributed by atoms with Gasteiger partial charge in [-0.25, -0.2) is 4.79 Å². The lowest BCUT2D eigenvalue weighted by Gasteiger charge is -2.22. The van der Waals surface area contributed by atoms with E-state index >= 15 is 0 Å². The third-order valence-electron chi connectivity index (χ3n) is 4.93. The molecule has 2 aromatic rings. The van der Waals surface area contributed by atoms with E-state index in [9.17, 15) is 19.2 Å². The maximum atomic E-state index is 12.6. The zero-order valence-electron chi connectivity index (χ0n) is 17.1. The monoisotopic (exact) mass is 437 g/mol. The Bertz CT molecular complexity index is 1120. The number of rotatable bonds is 3. The van der Waals surface area contributed by atoms with E-state index in [1.807, 2.05) is 39.0 Å². The Kier molecular flexibility index (Phi) is 5.36. The van der Waals surface area contributed by atoms with Crippen LogP contribution in [0.5, 0.6) is 0 Å². The number of aryl methyl sites for hydroxylation is 1. The Hall–Kier alpha value is -3.46. The summed E-state index contributed by atoms with van der Waals surface area (Å²) in [4.78, 5) is 60.1. The summed E-state index contributed by atoms with van der Waals surface area (Å²) in [5, 5.41) is 0.536. The quantitative estimate of drug-likeness (QED) is 0.676. The molecule has 2 aromatic carbocycles. The lowest BCUT2D eigenvalue weighted by molar-refractivity contribution is -0.115. The number of aliphatic imine (C=N–C) groups is 1. The molecule has 0 aromatic heterocycles. The standard InChI is InChI=1S/C22H19N3O5S/c1-12(2)14-9-8-13(3)10-17(14)24-18(26)11-31-21(24)23-22(29)30-25-19(27)15-6-4-5-7-16(15)20(25)28/h4-10,12H,11H2,1-3H3/b23-21-. The van der Waals surface area contributed by atoms with Gasteiger partial charge in [0.2, 0.25) is 5.91 Å². The Balaban J connectivity index is 1.61. The Morgan fingerprint density at radius 3 is 2.32 bits per heavy atom. The van der Waals surface area contributed by atoms with Crippen LogP contribution < -0.4 is 4.90 Å². The number of imide groups is 1. The van der Waals surface area contributed by atoms with Crippen molar-refractivity contribution in [1.82, 2.24) is 5.06 Å². The van der Waals surface area contributed by atoms with Gasteiger partial charge in [0.1, 0.15) is 0 Å². The van der Waals surface area contributed by atoms with Gasteiger partial charge in [-0.15, -0.1) is 4.99 Å². The summed E-state index contributed by atoms with van der Waals surface area (Å²) in [6.07, 6.45) is -1.16. The molecule has 2 heterocycles. The van der Waals surface area contributed by atoms with Crippen molar-refractivity contribution in [2.45, 2.75) is 26.7 Å². The van der Waals surface area contributed by atoms with Crippen LogP contribution in [0.3, 0.4) is 0 Å². The Morgan fingerprint density at radius 2 is 1.71 bits per heavy atom. The summed E-state index contributed by atoms with van der Waals surface area (Å²) in [5.74, 6) is -1.43. The third-order valence-corrected chi connectivity index (χ3v) is 5.85. The van der Waals surface area contributed by atoms with Crippen LogP contribution in [0.25, 0.3) is 0 Å². The molecule has 1 fully saturated rings. The number of nitrogens with zero attached hydrogens (tertiary/aromatic N) is 3. The van der Waals surface area contributed by atoms with Gasteiger partial charge in [-0.2, -0.15) is 0 Å². The van der Waals surface area contributed by atoms with Crippen molar-refractivity contribution in [3.8, 4) is 0 Å². The molecule has 158 valence electrons.